The molecule has 1 aromatic carbocycles. The summed E-state index contributed by atoms with van der Waals surface area (Å²) in [6, 6.07) is 7.10. The molecule has 0 aliphatic rings. The van der Waals surface area contributed by atoms with E-state index in [-0.39, 0.29) is 5.91 Å². The second-order valence-corrected chi connectivity index (χ2v) is 5.41. The Morgan fingerprint density at radius 1 is 1.28 bits per heavy atom. The Balaban J connectivity index is 3.23. The van der Waals surface area contributed by atoms with Crippen molar-refractivity contribution >= 4 is 12.1 Å². The molecule has 0 aromatic heterocycles. The van der Waals surface area contributed by atoms with E-state index in [1.807, 2.05) is 26.8 Å². The first-order chi connectivity index (χ1) is 8.23. The first-order valence-corrected chi connectivity index (χ1v) is 5.85. The van der Waals surface area contributed by atoms with Crippen LogP contribution in [-0.4, -0.2) is 41.4 Å². The van der Waals surface area contributed by atoms with E-state index < -0.39 is 5.54 Å². The van der Waals surface area contributed by atoms with Gasteiger partial charge in [0.2, 0.25) is 0 Å². The van der Waals surface area contributed by atoms with E-state index in [4.69, 9.17) is 0 Å². The molecule has 0 aliphatic carbocycles. The van der Waals surface area contributed by atoms with Crippen molar-refractivity contribution in [2.45, 2.75) is 26.3 Å². The fourth-order valence-corrected chi connectivity index (χ4v) is 1.37. The van der Waals surface area contributed by atoms with Gasteiger partial charge in [0.15, 0.2) is 11.8 Å². The first kappa shape index (κ1) is 14.2. The summed E-state index contributed by atoms with van der Waals surface area (Å²) < 4.78 is 0.870. The van der Waals surface area contributed by atoms with Gasteiger partial charge in [-0.15, -0.1) is 0 Å². The smallest absolute Gasteiger partial charge is 0.254 e. The molecule has 0 radical (unpaired) electrons. The maximum Gasteiger partial charge on any atom is 0.254 e. The zero-order chi connectivity index (χ0) is 13.9. The first-order valence-electron chi connectivity index (χ1n) is 5.85. The summed E-state index contributed by atoms with van der Waals surface area (Å²) in [6.07, 6.45) is 1.47. The normalized spacial score (nSPS) is 12.4. The lowest BCUT2D eigenvalue weighted by Crippen LogP contribution is -2.30. The third kappa shape index (κ3) is 3.32. The van der Waals surface area contributed by atoms with E-state index in [1.165, 1.54) is 11.1 Å². The Labute approximate surface area is 108 Å². The number of carbonyl (C=O) groups is 1. The standard InChI is InChI=1S/C14H20N2O2/c1-14(2,3)16(18)10-11-8-6-7-9-12(11)13(17)15(4)5/h6-10H,1-5H3/b16-10-. The minimum Gasteiger partial charge on any atom is -0.623 e. The number of amides is 1. The molecule has 4 nitrogen and oxygen atoms in total. The van der Waals surface area contributed by atoms with Crippen molar-refractivity contribution in [1.29, 1.82) is 0 Å². The molecule has 0 aliphatic heterocycles. The van der Waals surface area contributed by atoms with Crippen LogP contribution in [0.5, 0.6) is 0 Å². The number of nitrogens with zero attached hydrogens (tertiary/aromatic N) is 2. The quantitative estimate of drug-likeness (QED) is 0.348. The lowest BCUT2D eigenvalue weighted by atomic mass is 10.1. The van der Waals surface area contributed by atoms with Crippen LogP contribution in [0.15, 0.2) is 24.3 Å². The Morgan fingerprint density at radius 3 is 2.33 bits per heavy atom. The third-order valence-corrected chi connectivity index (χ3v) is 2.51. The predicted octanol–water partition coefficient (Wildman–Crippen LogP) is 2.12. The minimum atomic E-state index is -0.520. The Morgan fingerprint density at radius 2 is 1.83 bits per heavy atom. The molecule has 0 spiro atoms. The van der Waals surface area contributed by atoms with Crippen LogP contribution in [0.25, 0.3) is 0 Å². The predicted molar refractivity (Wildman–Crippen MR) is 73.0 cm³/mol. The van der Waals surface area contributed by atoms with Crippen molar-refractivity contribution < 1.29 is 9.53 Å². The molecule has 0 saturated carbocycles. The number of rotatable bonds is 2. The van der Waals surface area contributed by atoms with Crippen LogP contribution in [0.1, 0.15) is 36.7 Å². The highest BCUT2D eigenvalue weighted by Gasteiger charge is 2.20. The van der Waals surface area contributed by atoms with Gasteiger partial charge in [0.25, 0.3) is 5.91 Å². The van der Waals surface area contributed by atoms with Gasteiger partial charge in [-0.3, -0.25) is 4.79 Å². The third-order valence-electron chi connectivity index (χ3n) is 2.51. The van der Waals surface area contributed by atoms with Gasteiger partial charge in [-0.1, -0.05) is 12.1 Å². The molecular formula is C14H20N2O2. The molecule has 0 saturated heterocycles. The summed E-state index contributed by atoms with van der Waals surface area (Å²) in [5.74, 6) is -0.107. The van der Waals surface area contributed by atoms with Crippen LogP contribution in [0, 0.1) is 5.21 Å². The average molecular weight is 248 g/mol. The monoisotopic (exact) mass is 248 g/mol. The van der Waals surface area contributed by atoms with Gasteiger partial charge in [-0.2, -0.15) is 0 Å². The van der Waals surface area contributed by atoms with E-state index in [1.54, 1.807) is 32.3 Å². The molecule has 0 atom stereocenters. The molecule has 18 heavy (non-hydrogen) atoms. The average Bonchev–Trinajstić information content (AvgIpc) is 2.27. The van der Waals surface area contributed by atoms with Crippen molar-refractivity contribution in [1.82, 2.24) is 4.90 Å². The van der Waals surface area contributed by atoms with Gasteiger partial charge in [0.1, 0.15) is 0 Å². The summed E-state index contributed by atoms with van der Waals surface area (Å²) in [7, 11) is 3.38. The van der Waals surface area contributed by atoms with Gasteiger partial charge in [-0.05, 0) is 12.1 Å². The van der Waals surface area contributed by atoms with E-state index in [0.29, 0.717) is 11.1 Å². The number of benzene rings is 1. The molecule has 1 rings (SSSR count). The summed E-state index contributed by atoms with van der Waals surface area (Å²) in [4.78, 5) is 13.5. The van der Waals surface area contributed by atoms with Gasteiger partial charge in [-0.25, -0.2) is 4.74 Å². The van der Waals surface area contributed by atoms with Crippen molar-refractivity contribution in [3.05, 3.63) is 40.6 Å². The van der Waals surface area contributed by atoms with Crippen molar-refractivity contribution in [2.75, 3.05) is 14.1 Å². The summed E-state index contributed by atoms with van der Waals surface area (Å²) in [6.45, 7) is 5.48. The number of hydrogen-bond acceptors (Lipinski definition) is 2. The largest absolute Gasteiger partial charge is 0.623 e. The lowest BCUT2D eigenvalue weighted by molar-refractivity contribution is -0.530. The SMILES string of the molecule is CN(C)C(=O)c1ccccc1/C=[N+](\[O-])C(C)(C)C. The van der Waals surface area contributed by atoms with Crippen molar-refractivity contribution in [2.24, 2.45) is 0 Å². The molecule has 1 amide bonds. The second kappa shape index (κ2) is 5.21. The van der Waals surface area contributed by atoms with E-state index >= 15 is 0 Å². The van der Waals surface area contributed by atoms with Gasteiger partial charge in [0.05, 0.1) is 11.1 Å². The zero-order valence-corrected chi connectivity index (χ0v) is 11.6. The van der Waals surface area contributed by atoms with Gasteiger partial charge < -0.3 is 10.1 Å². The highest BCUT2D eigenvalue weighted by atomic mass is 16.5. The van der Waals surface area contributed by atoms with Gasteiger partial charge in [0, 0.05) is 34.9 Å². The summed E-state index contributed by atoms with van der Waals surface area (Å²) in [5, 5.41) is 11.9. The molecular weight excluding hydrogens is 228 g/mol. The maximum atomic E-state index is 12.0. The van der Waals surface area contributed by atoms with Gasteiger partial charge >= 0.3 is 0 Å². The molecule has 4 heteroatoms. The molecule has 1 aromatic rings. The zero-order valence-electron chi connectivity index (χ0n) is 11.6. The summed E-state index contributed by atoms with van der Waals surface area (Å²) >= 11 is 0. The fourth-order valence-electron chi connectivity index (χ4n) is 1.37. The topological polar surface area (TPSA) is 46.4 Å². The Bertz CT molecular complexity index is 471. The van der Waals surface area contributed by atoms with Crippen LogP contribution in [0.4, 0.5) is 0 Å². The molecule has 0 heterocycles. The highest BCUT2D eigenvalue weighted by molar-refractivity contribution is 6.01. The Kier molecular flexibility index (Phi) is 4.11. The van der Waals surface area contributed by atoms with Crippen LogP contribution in [-0.2, 0) is 0 Å². The number of hydrogen-bond donors (Lipinski definition) is 0. The van der Waals surface area contributed by atoms with Crippen LogP contribution in [0.3, 0.4) is 0 Å². The molecule has 98 valence electrons. The van der Waals surface area contributed by atoms with Crippen LogP contribution in [0.2, 0.25) is 0 Å². The summed E-state index contributed by atoms with van der Waals surface area (Å²) in [5.41, 5.74) is 0.655. The molecule has 0 fully saturated rings. The number of hydroxylamine groups is 1. The minimum absolute atomic E-state index is 0.107. The fraction of sp³-hybridized carbons (Fsp3) is 0.429. The maximum absolute atomic E-state index is 12.0. The molecule has 0 bridgehead atoms. The number of carbonyl (C=O) groups excluding carboxylic acids is 1. The molecule has 0 unspecified atom stereocenters. The highest BCUT2D eigenvalue weighted by Crippen LogP contribution is 2.11. The van der Waals surface area contributed by atoms with E-state index in [9.17, 15) is 10.0 Å². The van der Waals surface area contributed by atoms with Crippen LogP contribution < -0.4 is 0 Å². The van der Waals surface area contributed by atoms with Crippen molar-refractivity contribution in [3.8, 4) is 0 Å². The van der Waals surface area contributed by atoms with E-state index in [0.717, 1.165) is 4.74 Å². The van der Waals surface area contributed by atoms with E-state index in [2.05, 4.69) is 0 Å². The molecule has 0 N–H and O–H groups in total. The van der Waals surface area contributed by atoms with Crippen molar-refractivity contribution in [3.63, 3.8) is 0 Å². The lowest BCUT2D eigenvalue weighted by Gasteiger charge is -2.19. The Hall–Kier alpha value is -1.84. The second-order valence-electron chi connectivity index (χ2n) is 5.41. The van der Waals surface area contributed by atoms with Crippen LogP contribution >= 0.6 is 0 Å².